The summed E-state index contributed by atoms with van der Waals surface area (Å²) in [4.78, 5) is 0. The Kier molecular flexibility index (Phi) is 7.36. The minimum Gasteiger partial charge on any atom is -0.310 e. The van der Waals surface area contributed by atoms with E-state index in [4.69, 9.17) is 11.6 Å². The molecule has 0 saturated carbocycles. The van der Waals surface area contributed by atoms with Crippen molar-refractivity contribution in [3.63, 3.8) is 0 Å². The van der Waals surface area contributed by atoms with E-state index in [-0.39, 0.29) is 5.38 Å². The fourth-order valence-corrected chi connectivity index (χ4v) is 2.44. The first-order chi connectivity index (χ1) is 8.71. The molecule has 0 aliphatic rings. The molecule has 0 aliphatic carbocycles. The van der Waals surface area contributed by atoms with Crippen LogP contribution in [-0.2, 0) is 6.54 Å². The molecule has 0 radical (unpaired) electrons. The number of hydrogen-bond acceptors (Lipinski definition) is 2. The maximum atomic E-state index is 6.16. The Balaban J connectivity index is 2.35. The van der Waals surface area contributed by atoms with Crippen molar-refractivity contribution in [2.75, 3.05) is 6.54 Å². The third-order valence-corrected chi connectivity index (χ3v) is 3.63. The average molecular weight is 272 g/mol. The van der Waals surface area contributed by atoms with Gasteiger partial charge in [-0.15, -0.1) is 11.6 Å². The predicted molar refractivity (Wildman–Crippen MR) is 78.1 cm³/mol. The second-order valence-electron chi connectivity index (χ2n) is 4.77. The van der Waals surface area contributed by atoms with Crippen LogP contribution in [-0.4, -0.2) is 21.7 Å². The van der Waals surface area contributed by atoms with Crippen LogP contribution in [0.4, 0.5) is 0 Å². The van der Waals surface area contributed by atoms with Gasteiger partial charge >= 0.3 is 0 Å². The van der Waals surface area contributed by atoms with E-state index in [1.807, 2.05) is 0 Å². The van der Waals surface area contributed by atoms with E-state index in [2.05, 4.69) is 48.1 Å². The highest BCUT2D eigenvalue weighted by Crippen LogP contribution is 2.14. The van der Waals surface area contributed by atoms with Crippen molar-refractivity contribution in [1.29, 1.82) is 0 Å². The van der Waals surface area contributed by atoms with Crippen LogP contribution in [0.3, 0.4) is 0 Å². The van der Waals surface area contributed by atoms with Crippen molar-refractivity contribution in [3.05, 3.63) is 18.0 Å². The van der Waals surface area contributed by atoms with Crippen molar-refractivity contribution < 1.29 is 0 Å². The van der Waals surface area contributed by atoms with Gasteiger partial charge in [0, 0.05) is 24.7 Å². The van der Waals surface area contributed by atoms with E-state index in [0.717, 1.165) is 44.5 Å². The highest BCUT2D eigenvalue weighted by Gasteiger charge is 2.08. The molecule has 4 heteroatoms. The van der Waals surface area contributed by atoms with Crippen LogP contribution < -0.4 is 5.32 Å². The molecule has 0 bridgehead atoms. The Labute approximate surface area is 116 Å². The summed E-state index contributed by atoms with van der Waals surface area (Å²) in [6.45, 7) is 8.23. The maximum absolute atomic E-state index is 6.16. The van der Waals surface area contributed by atoms with Crippen molar-refractivity contribution in [1.82, 2.24) is 15.1 Å². The van der Waals surface area contributed by atoms with E-state index in [1.165, 1.54) is 0 Å². The summed E-state index contributed by atoms with van der Waals surface area (Å²) in [5.74, 6) is 0. The third kappa shape index (κ3) is 4.99. The quantitative estimate of drug-likeness (QED) is 0.694. The Morgan fingerprint density at radius 2 is 2.06 bits per heavy atom. The molecule has 1 unspecified atom stereocenters. The monoisotopic (exact) mass is 271 g/mol. The number of hydrogen-bond donors (Lipinski definition) is 1. The first kappa shape index (κ1) is 15.5. The lowest BCUT2D eigenvalue weighted by molar-refractivity contribution is 0.424. The number of nitrogens with one attached hydrogen (secondary N) is 1. The normalized spacial score (nSPS) is 13.2. The van der Waals surface area contributed by atoms with Gasteiger partial charge in [-0.25, -0.2) is 0 Å². The van der Waals surface area contributed by atoms with Gasteiger partial charge in [-0.05, 0) is 25.3 Å². The summed E-state index contributed by atoms with van der Waals surface area (Å²) >= 11 is 6.16. The van der Waals surface area contributed by atoms with Crippen LogP contribution in [0.5, 0.6) is 0 Å². The molecule has 0 spiro atoms. The first-order valence-electron chi connectivity index (χ1n) is 7.10. The molecular weight excluding hydrogens is 246 g/mol. The van der Waals surface area contributed by atoms with Gasteiger partial charge in [-0.3, -0.25) is 4.68 Å². The summed E-state index contributed by atoms with van der Waals surface area (Å²) < 4.78 is 2.08. The van der Waals surface area contributed by atoms with Crippen molar-refractivity contribution in [3.8, 4) is 0 Å². The molecule has 1 atom stereocenters. The Bertz CT molecular complexity index is 321. The van der Waals surface area contributed by atoms with Gasteiger partial charge in [0.1, 0.15) is 0 Å². The molecule has 0 amide bonds. The summed E-state index contributed by atoms with van der Waals surface area (Å²) in [5.41, 5.74) is 1.10. The zero-order valence-electron chi connectivity index (χ0n) is 11.8. The van der Waals surface area contributed by atoms with Gasteiger partial charge in [0.05, 0.1) is 11.7 Å². The predicted octanol–water partition coefficient (Wildman–Crippen LogP) is 3.74. The van der Waals surface area contributed by atoms with E-state index in [1.54, 1.807) is 0 Å². The van der Waals surface area contributed by atoms with Gasteiger partial charge in [0.15, 0.2) is 0 Å². The Morgan fingerprint density at radius 1 is 1.33 bits per heavy atom. The average Bonchev–Trinajstić information content (AvgIpc) is 2.80. The highest BCUT2D eigenvalue weighted by atomic mass is 35.5. The molecule has 1 aromatic rings. The molecule has 18 heavy (non-hydrogen) atoms. The van der Waals surface area contributed by atoms with E-state index < -0.39 is 0 Å². The number of halogens is 1. The zero-order chi connectivity index (χ0) is 13.4. The van der Waals surface area contributed by atoms with Crippen LogP contribution in [0.15, 0.2) is 12.3 Å². The van der Waals surface area contributed by atoms with E-state index in [0.29, 0.717) is 6.04 Å². The summed E-state index contributed by atoms with van der Waals surface area (Å²) in [6.07, 6.45) is 6.55. The number of alkyl halides is 1. The third-order valence-electron chi connectivity index (χ3n) is 3.25. The van der Waals surface area contributed by atoms with Gasteiger partial charge in [-0.2, -0.15) is 5.10 Å². The molecular formula is C14H26ClN3. The minimum atomic E-state index is 0.233. The van der Waals surface area contributed by atoms with Gasteiger partial charge in [-0.1, -0.05) is 27.2 Å². The molecule has 1 rings (SSSR count). The van der Waals surface area contributed by atoms with Crippen LogP contribution >= 0.6 is 11.6 Å². The smallest absolute Gasteiger partial charge is 0.0762 e. The van der Waals surface area contributed by atoms with Gasteiger partial charge < -0.3 is 5.32 Å². The molecule has 0 aromatic carbocycles. The minimum absolute atomic E-state index is 0.233. The van der Waals surface area contributed by atoms with E-state index >= 15 is 0 Å². The highest BCUT2D eigenvalue weighted by molar-refractivity contribution is 6.20. The summed E-state index contributed by atoms with van der Waals surface area (Å²) in [7, 11) is 0. The van der Waals surface area contributed by atoms with Crippen molar-refractivity contribution in [2.24, 2.45) is 0 Å². The SMILES string of the molecule is CCCC(Cl)CNCc1ccn(C(CC)CC)n1. The van der Waals surface area contributed by atoms with Crippen molar-refractivity contribution in [2.45, 2.75) is 64.4 Å². The largest absolute Gasteiger partial charge is 0.310 e. The fraction of sp³-hybridized carbons (Fsp3) is 0.786. The van der Waals surface area contributed by atoms with E-state index in [9.17, 15) is 0 Å². The lowest BCUT2D eigenvalue weighted by Gasteiger charge is -2.12. The summed E-state index contributed by atoms with van der Waals surface area (Å²) in [6, 6.07) is 2.62. The molecule has 0 fully saturated rings. The topological polar surface area (TPSA) is 29.9 Å². The molecule has 1 heterocycles. The standard InChI is InChI=1S/C14H26ClN3/c1-4-7-12(15)10-16-11-13-8-9-18(17-13)14(5-2)6-3/h8-9,12,14,16H,4-7,10-11H2,1-3H3. The van der Waals surface area contributed by atoms with Crippen molar-refractivity contribution >= 4 is 11.6 Å². The van der Waals surface area contributed by atoms with Gasteiger partial charge in [0.2, 0.25) is 0 Å². The first-order valence-corrected chi connectivity index (χ1v) is 7.53. The van der Waals surface area contributed by atoms with Crippen LogP contribution in [0.25, 0.3) is 0 Å². The lowest BCUT2D eigenvalue weighted by atomic mass is 10.2. The maximum Gasteiger partial charge on any atom is 0.0762 e. The lowest BCUT2D eigenvalue weighted by Crippen LogP contribution is -2.23. The van der Waals surface area contributed by atoms with Crippen LogP contribution in [0.1, 0.15) is 58.2 Å². The number of aromatic nitrogens is 2. The molecule has 3 nitrogen and oxygen atoms in total. The van der Waals surface area contributed by atoms with Gasteiger partial charge in [0.25, 0.3) is 0 Å². The Morgan fingerprint density at radius 3 is 2.67 bits per heavy atom. The van der Waals surface area contributed by atoms with Crippen LogP contribution in [0, 0.1) is 0 Å². The molecule has 1 N–H and O–H groups in total. The van der Waals surface area contributed by atoms with Crippen LogP contribution in [0.2, 0.25) is 0 Å². The Hall–Kier alpha value is -0.540. The number of nitrogens with zero attached hydrogens (tertiary/aromatic N) is 2. The second-order valence-corrected chi connectivity index (χ2v) is 5.39. The number of rotatable bonds is 9. The molecule has 104 valence electrons. The molecule has 0 aliphatic heterocycles. The summed E-state index contributed by atoms with van der Waals surface area (Å²) in [5, 5.41) is 8.21. The molecule has 0 saturated heterocycles. The fourth-order valence-electron chi connectivity index (χ4n) is 2.11. The second kappa shape index (κ2) is 8.54. The molecule has 1 aromatic heterocycles. The zero-order valence-corrected chi connectivity index (χ0v) is 12.6.